The highest BCUT2D eigenvalue weighted by atomic mass is 35.5. The number of rotatable bonds is 1. The number of hydrogen-bond donors (Lipinski definition) is 1. The zero-order valence-electron chi connectivity index (χ0n) is 13.7. The van der Waals surface area contributed by atoms with Crippen LogP contribution in [0.3, 0.4) is 0 Å². The van der Waals surface area contributed by atoms with E-state index in [1.807, 2.05) is 23.1 Å². The van der Waals surface area contributed by atoms with Gasteiger partial charge in [0.1, 0.15) is 0 Å². The van der Waals surface area contributed by atoms with Crippen molar-refractivity contribution in [1.29, 1.82) is 0 Å². The summed E-state index contributed by atoms with van der Waals surface area (Å²) >= 11 is 5.73. The lowest BCUT2D eigenvalue weighted by Gasteiger charge is -2.36. The van der Waals surface area contributed by atoms with E-state index in [9.17, 15) is 18.0 Å². The number of amides is 2. The van der Waals surface area contributed by atoms with Crippen LogP contribution >= 0.6 is 11.6 Å². The van der Waals surface area contributed by atoms with Crippen LogP contribution in [0.4, 0.5) is 23.7 Å². The molecule has 3 nitrogen and oxygen atoms in total. The summed E-state index contributed by atoms with van der Waals surface area (Å²) in [6.07, 6.45) is -1.91. The fourth-order valence-electron chi connectivity index (χ4n) is 4.01. The van der Waals surface area contributed by atoms with Gasteiger partial charge in [0.25, 0.3) is 0 Å². The van der Waals surface area contributed by atoms with Crippen LogP contribution in [-0.2, 0) is 12.6 Å². The number of halogens is 4. The molecule has 2 atom stereocenters. The Hall–Kier alpha value is -2.21. The first-order chi connectivity index (χ1) is 12.3. The normalized spacial score (nSPS) is 21.5. The number of benzene rings is 2. The van der Waals surface area contributed by atoms with Crippen molar-refractivity contribution in [3.63, 3.8) is 0 Å². The van der Waals surface area contributed by atoms with Crippen LogP contribution in [0.25, 0.3) is 0 Å². The largest absolute Gasteiger partial charge is 0.417 e. The summed E-state index contributed by atoms with van der Waals surface area (Å²) in [7, 11) is 0. The van der Waals surface area contributed by atoms with Crippen molar-refractivity contribution in [2.45, 2.75) is 37.5 Å². The van der Waals surface area contributed by atoms with E-state index in [1.54, 1.807) is 0 Å². The number of carbonyl (C=O) groups is 1. The Bertz CT molecular complexity index is 868. The van der Waals surface area contributed by atoms with Crippen molar-refractivity contribution < 1.29 is 18.0 Å². The van der Waals surface area contributed by atoms with E-state index in [4.69, 9.17) is 11.6 Å². The number of fused-ring (bicyclic) bond motifs is 4. The zero-order valence-corrected chi connectivity index (χ0v) is 14.4. The van der Waals surface area contributed by atoms with Crippen molar-refractivity contribution in [2.24, 2.45) is 0 Å². The maximum Gasteiger partial charge on any atom is 0.417 e. The number of anilines is 1. The van der Waals surface area contributed by atoms with Crippen LogP contribution in [0.2, 0.25) is 5.02 Å². The molecule has 2 aromatic carbocycles. The molecule has 2 bridgehead atoms. The maximum absolute atomic E-state index is 12.8. The van der Waals surface area contributed by atoms with Gasteiger partial charge in [-0.05, 0) is 48.6 Å². The minimum absolute atomic E-state index is 0.00914. The Labute approximate surface area is 153 Å². The van der Waals surface area contributed by atoms with Gasteiger partial charge < -0.3 is 10.2 Å². The van der Waals surface area contributed by atoms with Crippen LogP contribution in [0, 0.1) is 0 Å². The Morgan fingerprint density at radius 1 is 1.15 bits per heavy atom. The van der Waals surface area contributed by atoms with E-state index >= 15 is 0 Å². The molecule has 2 unspecified atom stereocenters. The molecule has 26 heavy (non-hydrogen) atoms. The highest BCUT2D eigenvalue weighted by Crippen LogP contribution is 2.44. The molecular formula is C19H16ClF3N2O. The molecule has 2 amide bonds. The van der Waals surface area contributed by atoms with Gasteiger partial charge in [-0.2, -0.15) is 13.2 Å². The summed E-state index contributed by atoms with van der Waals surface area (Å²) in [4.78, 5) is 14.6. The molecule has 4 rings (SSSR count). The Morgan fingerprint density at radius 2 is 1.92 bits per heavy atom. The molecule has 136 valence electrons. The molecule has 0 saturated carbocycles. The highest BCUT2D eigenvalue weighted by molar-refractivity contribution is 6.31. The molecule has 0 spiro atoms. The topological polar surface area (TPSA) is 32.3 Å². The first-order valence-electron chi connectivity index (χ1n) is 8.38. The van der Waals surface area contributed by atoms with Gasteiger partial charge in [0.2, 0.25) is 0 Å². The molecule has 0 radical (unpaired) electrons. The van der Waals surface area contributed by atoms with Crippen molar-refractivity contribution in [2.75, 3.05) is 5.32 Å². The number of nitrogens with one attached hydrogen (secondary N) is 1. The average molecular weight is 381 g/mol. The molecule has 2 aliphatic heterocycles. The van der Waals surface area contributed by atoms with Crippen LogP contribution in [-0.4, -0.2) is 17.0 Å². The summed E-state index contributed by atoms with van der Waals surface area (Å²) < 4.78 is 38.4. The van der Waals surface area contributed by atoms with Crippen molar-refractivity contribution in [1.82, 2.24) is 4.90 Å². The highest BCUT2D eigenvalue weighted by Gasteiger charge is 2.42. The summed E-state index contributed by atoms with van der Waals surface area (Å²) in [5.74, 6) is 0. The second kappa shape index (κ2) is 6.20. The summed E-state index contributed by atoms with van der Waals surface area (Å²) in [6.45, 7) is 0. The fraction of sp³-hybridized carbons (Fsp3) is 0.316. The lowest BCUT2D eigenvalue weighted by atomic mass is 9.93. The lowest BCUT2D eigenvalue weighted by Crippen LogP contribution is -2.44. The molecule has 0 aromatic heterocycles. The summed E-state index contributed by atoms with van der Waals surface area (Å²) in [6, 6.07) is 11.2. The van der Waals surface area contributed by atoms with E-state index in [0.717, 1.165) is 37.0 Å². The molecular weight excluding hydrogens is 365 g/mol. The smallest absolute Gasteiger partial charge is 0.314 e. The first-order valence-corrected chi connectivity index (χ1v) is 8.76. The molecule has 1 saturated heterocycles. The van der Waals surface area contributed by atoms with E-state index in [1.165, 1.54) is 11.6 Å². The number of alkyl halides is 3. The molecule has 7 heteroatoms. The van der Waals surface area contributed by atoms with Gasteiger partial charge >= 0.3 is 12.2 Å². The van der Waals surface area contributed by atoms with Gasteiger partial charge in [-0.15, -0.1) is 0 Å². The van der Waals surface area contributed by atoms with Gasteiger partial charge in [-0.3, -0.25) is 0 Å². The van der Waals surface area contributed by atoms with Gasteiger partial charge in [-0.25, -0.2) is 4.79 Å². The molecule has 2 aromatic rings. The fourth-order valence-corrected chi connectivity index (χ4v) is 4.29. The van der Waals surface area contributed by atoms with Crippen molar-refractivity contribution >= 4 is 23.3 Å². The van der Waals surface area contributed by atoms with Gasteiger partial charge in [-0.1, -0.05) is 35.9 Å². The second-order valence-electron chi connectivity index (χ2n) is 6.68. The summed E-state index contributed by atoms with van der Waals surface area (Å²) in [5, 5.41) is 2.27. The maximum atomic E-state index is 12.8. The van der Waals surface area contributed by atoms with Crippen LogP contribution < -0.4 is 5.32 Å². The number of carbonyl (C=O) groups excluding carboxylic acids is 1. The molecule has 2 heterocycles. The van der Waals surface area contributed by atoms with E-state index in [0.29, 0.717) is 0 Å². The average Bonchev–Trinajstić information content (AvgIpc) is 2.89. The van der Waals surface area contributed by atoms with E-state index < -0.39 is 16.8 Å². The number of nitrogens with zero attached hydrogens (tertiary/aromatic N) is 1. The number of urea groups is 1. The van der Waals surface area contributed by atoms with Crippen molar-refractivity contribution in [3.05, 3.63) is 64.2 Å². The minimum Gasteiger partial charge on any atom is -0.314 e. The van der Waals surface area contributed by atoms with Crippen LogP contribution in [0.1, 0.15) is 35.6 Å². The van der Waals surface area contributed by atoms with E-state index in [2.05, 4.69) is 11.4 Å². The minimum atomic E-state index is -4.52. The predicted molar refractivity (Wildman–Crippen MR) is 93.2 cm³/mol. The quantitative estimate of drug-likeness (QED) is 0.681. The SMILES string of the molecule is O=C(Nc1ccc(C(F)(F)F)c(Cl)c1)N1C2CCC1c1ccccc1C2. The standard InChI is InChI=1S/C19H16ClF3N2O/c20-16-10-12(5-7-15(16)19(21,22)23)24-18(26)25-13-6-8-17(25)14-4-2-1-3-11(14)9-13/h1-5,7,10,13,17H,6,8-9H2,(H,24,26). The predicted octanol–water partition coefficient (Wildman–Crippen LogP) is 5.65. The second-order valence-corrected chi connectivity index (χ2v) is 7.09. The Morgan fingerprint density at radius 3 is 2.65 bits per heavy atom. The first kappa shape index (κ1) is 17.2. The van der Waals surface area contributed by atoms with Crippen molar-refractivity contribution in [3.8, 4) is 0 Å². The third-order valence-electron chi connectivity index (χ3n) is 5.13. The van der Waals surface area contributed by atoms with Crippen LogP contribution in [0.15, 0.2) is 42.5 Å². The molecule has 2 aliphatic rings. The molecule has 0 aliphatic carbocycles. The zero-order chi connectivity index (χ0) is 18.5. The Kier molecular flexibility index (Phi) is 4.10. The van der Waals surface area contributed by atoms with Gasteiger partial charge in [0.15, 0.2) is 0 Å². The van der Waals surface area contributed by atoms with Gasteiger partial charge in [0, 0.05) is 11.7 Å². The lowest BCUT2D eigenvalue weighted by molar-refractivity contribution is -0.137. The summed E-state index contributed by atoms with van der Waals surface area (Å²) in [5.41, 5.74) is 1.76. The van der Waals surface area contributed by atoms with Gasteiger partial charge in [0.05, 0.1) is 16.6 Å². The molecule has 1 N–H and O–H groups in total. The number of hydrogen-bond acceptors (Lipinski definition) is 1. The van der Waals surface area contributed by atoms with Crippen LogP contribution in [0.5, 0.6) is 0 Å². The third-order valence-corrected chi connectivity index (χ3v) is 5.45. The monoisotopic (exact) mass is 380 g/mol. The Balaban J connectivity index is 1.56. The molecule has 1 fully saturated rings. The van der Waals surface area contributed by atoms with E-state index in [-0.39, 0.29) is 23.8 Å². The third kappa shape index (κ3) is 2.92.